The molecule has 0 bridgehead atoms. The summed E-state index contributed by atoms with van der Waals surface area (Å²) >= 11 is 6.18. The van der Waals surface area contributed by atoms with Crippen LogP contribution in [0.15, 0.2) is 52.2 Å². The molecule has 2 aromatic carbocycles. The Labute approximate surface area is 259 Å². The number of fused-ring (bicyclic) bond motifs is 1. The van der Waals surface area contributed by atoms with E-state index >= 15 is 0 Å². The van der Waals surface area contributed by atoms with Crippen LogP contribution in [0, 0.1) is 11.6 Å². The first-order valence-electron chi connectivity index (χ1n) is 14.2. The fourth-order valence-electron chi connectivity index (χ4n) is 5.88. The van der Waals surface area contributed by atoms with E-state index in [1.807, 2.05) is 0 Å². The van der Waals surface area contributed by atoms with Gasteiger partial charge < -0.3 is 15.1 Å². The van der Waals surface area contributed by atoms with Gasteiger partial charge in [-0.3, -0.25) is 22.9 Å². The SMILES string of the molecule is C[C@H](CS(C)=O)n1c(=O)c(-c2cccc(F)c2Cl)cn(CC(=O)N2CCC(N3CCc4cc(F)ccc4NC3=O)CC2)c1=O. The van der Waals surface area contributed by atoms with Crippen LogP contribution in [0.25, 0.3) is 11.1 Å². The number of rotatable bonds is 7. The van der Waals surface area contributed by atoms with Crippen molar-refractivity contribution in [2.24, 2.45) is 0 Å². The predicted molar refractivity (Wildman–Crippen MR) is 164 cm³/mol. The molecule has 0 aliphatic carbocycles. The van der Waals surface area contributed by atoms with E-state index in [0.29, 0.717) is 44.6 Å². The molecule has 10 nitrogen and oxygen atoms in total. The fraction of sp³-hybridized carbons (Fsp3) is 0.400. The zero-order chi connectivity index (χ0) is 31.7. The first-order valence-corrected chi connectivity index (χ1v) is 16.3. The average molecular weight is 648 g/mol. The van der Waals surface area contributed by atoms with E-state index < -0.39 is 40.5 Å². The highest BCUT2D eigenvalue weighted by atomic mass is 35.5. The summed E-state index contributed by atoms with van der Waals surface area (Å²) < 4.78 is 42.0. The number of aromatic nitrogens is 2. The number of anilines is 1. The van der Waals surface area contributed by atoms with E-state index in [4.69, 9.17) is 11.6 Å². The molecule has 1 N–H and O–H groups in total. The van der Waals surface area contributed by atoms with Crippen LogP contribution in [-0.4, -0.2) is 72.8 Å². The summed E-state index contributed by atoms with van der Waals surface area (Å²) in [5, 5.41) is 2.55. The maximum absolute atomic E-state index is 14.3. The lowest BCUT2D eigenvalue weighted by Gasteiger charge is -2.38. The van der Waals surface area contributed by atoms with E-state index in [-0.39, 0.29) is 45.7 Å². The molecule has 5 rings (SSSR count). The van der Waals surface area contributed by atoms with E-state index in [9.17, 15) is 32.2 Å². The number of urea groups is 1. The molecule has 2 aliphatic heterocycles. The Hall–Kier alpha value is -3.84. The highest BCUT2D eigenvalue weighted by Crippen LogP contribution is 2.28. The van der Waals surface area contributed by atoms with Crippen molar-refractivity contribution < 1.29 is 22.6 Å². The maximum atomic E-state index is 14.3. The number of hydrogen-bond donors (Lipinski definition) is 1. The highest BCUT2D eigenvalue weighted by molar-refractivity contribution is 7.84. The van der Waals surface area contributed by atoms with Crippen LogP contribution < -0.4 is 16.6 Å². The van der Waals surface area contributed by atoms with Crippen LogP contribution in [0.1, 0.15) is 31.4 Å². The molecule has 0 radical (unpaired) electrons. The van der Waals surface area contributed by atoms with Gasteiger partial charge in [0, 0.05) is 65.9 Å². The molecule has 2 aliphatic rings. The number of amides is 3. The number of nitrogens with one attached hydrogen (secondary N) is 1. The minimum Gasteiger partial charge on any atom is -0.341 e. The lowest BCUT2D eigenvalue weighted by Crippen LogP contribution is -2.51. The summed E-state index contributed by atoms with van der Waals surface area (Å²) in [7, 11) is -1.33. The van der Waals surface area contributed by atoms with Crippen LogP contribution in [0.4, 0.5) is 19.3 Å². The van der Waals surface area contributed by atoms with Gasteiger partial charge in [0.05, 0.1) is 16.6 Å². The second kappa shape index (κ2) is 13.0. The molecular weight excluding hydrogens is 616 g/mol. The number of carbonyl (C=O) groups excluding carboxylic acids is 2. The van der Waals surface area contributed by atoms with Crippen molar-refractivity contribution in [2.75, 3.05) is 37.0 Å². The van der Waals surface area contributed by atoms with Gasteiger partial charge in [-0.1, -0.05) is 23.7 Å². The van der Waals surface area contributed by atoms with Crippen molar-refractivity contribution >= 4 is 40.0 Å². The van der Waals surface area contributed by atoms with Crippen molar-refractivity contribution in [3.8, 4) is 11.1 Å². The van der Waals surface area contributed by atoms with Gasteiger partial charge in [-0.25, -0.2) is 18.4 Å². The minimum atomic E-state index is -1.33. The second-order valence-corrected chi connectivity index (χ2v) is 13.0. The third-order valence-corrected chi connectivity index (χ3v) is 9.44. The lowest BCUT2D eigenvalue weighted by molar-refractivity contribution is -0.133. The van der Waals surface area contributed by atoms with Crippen molar-refractivity contribution in [3.05, 3.63) is 85.7 Å². The zero-order valence-electron chi connectivity index (χ0n) is 24.2. The van der Waals surface area contributed by atoms with Crippen LogP contribution in [0.2, 0.25) is 5.02 Å². The first-order chi connectivity index (χ1) is 20.9. The standard InChI is InChI=1S/C30H32ClF2N5O5S/c1-18(17-44(2)43)38-28(40)23(22-4-3-5-24(33)27(22)31)15-36(30(38)42)16-26(39)35-11-9-21(10-12-35)37-13-8-19-14-20(32)6-7-25(19)34-29(37)41/h3-7,14-15,18,21H,8-13,16-17H2,1-2H3,(H,34,41)/t18-,44?/m1/s1. The third-order valence-electron chi connectivity index (χ3n) is 8.10. The number of carbonyl (C=O) groups is 2. The molecule has 1 fully saturated rings. The molecular formula is C30H32ClF2N5O5S. The van der Waals surface area contributed by atoms with Crippen molar-refractivity contribution in [1.82, 2.24) is 18.9 Å². The van der Waals surface area contributed by atoms with E-state index in [2.05, 4.69) is 5.32 Å². The first kappa shape index (κ1) is 31.6. The highest BCUT2D eigenvalue weighted by Gasteiger charge is 2.32. The van der Waals surface area contributed by atoms with Crippen LogP contribution in [0.3, 0.4) is 0 Å². The topological polar surface area (TPSA) is 114 Å². The average Bonchev–Trinajstić information content (AvgIpc) is 3.13. The van der Waals surface area contributed by atoms with Gasteiger partial charge in [0.2, 0.25) is 5.91 Å². The third kappa shape index (κ3) is 6.48. The molecule has 3 heterocycles. The van der Waals surface area contributed by atoms with Gasteiger partial charge in [0.1, 0.15) is 18.2 Å². The Bertz CT molecular complexity index is 1750. The molecule has 14 heteroatoms. The van der Waals surface area contributed by atoms with Gasteiger partial charge in [0.25, 0.3) is 5.56 Å². The minimum absolute atomic E-state index is 0.0149. The summed E-state index contributed by atoms with van der Waals surface area (Å²) in [5.74, 6) is -1.47. The van der Waals surface area contributed by atoms with E-state index in [1.165, 1.54) is 36.7 Å². The van der Waals surface area contributed by atoms with Crippen LogP contribution >= 0.6 is 11.6 Å². The molecule has 2 atom stereocenters. The predicted octanol–water partition coefficient (Wildman–Crippen LogP) is 3.63. The van der Waals surface area contributed by atoms with Crippen molar-refractivity contribution in [1.29, 1.82) is 0 Å². The van der Waals surface area contributed by atoms with Gasteiger partial charge in [-0.2, -0.15) is 0 Å². The molecule has 3 aromatic rings. The van der Waals surface area contributed by atoms with Crippen molar-refractivity contribution in [2.45, 2.75) is 44.8 Å². The van der Waals surface area contributed by atoms with Crippen LogP contribution in [0.5, 0.6) is 0 Å². The Morgan fingerprint density at radius 1 is 1.09 bits per heavy atom. The fourth-order valence-corrected chi connectivity index (χ4v) is 6.93. The number of halogens is 3. The molecule has 44 heavy (non-hydrogen) atoms. The molecule has 0 spiro atoms. The summed E-state index contributed by atoms with van der Waals surface area (Å²) in [4.78, 5) is 56.6. The lowest BCUT2D eigenvalue weighted by atomic mass is 10.0. The zero-order valence-corrected chi connectivity index (χ0v) is 25.8. The molecule has 234 valence electrons. The monoisotopic (exact) mass is 647 g/mol. The van der Waals surface area contributed by atoms with Gasteiger partial charge in [-0.05, 0) is 56.0 Å². The van der Waals surface area contributed by atoms with Gasteiger partial charge in [-0.15, -0.1) is 0 Å². The van der Waals surface area contributed by atoms with Crippen LogP contribution in [-0.2, 0) is 28.6 Å². The Morgan fingerprint density at radius 3 is 2.52 bits per heavy atom. The smallest absolute Gasteiger partial charge is 0.331 e. The van der Waals surface area contributed by atoms with E-state index in [1.54, 1.807) is 22.8 Å². The van der Waals surface area contributed by atoms with Crippen molar-refractivity contribution in [3.63, 3.8) is 0 Å². The Balaban J connectivity index is 1.35. The number of hydrogen-bond acceptors (Lipinski definition) is 5. The number of nitrogens with zero attached hydrogens (tertiary/aromatic N) is 4. The van der Waals surface area contributed by atoms with Gasteiger partial charge >= 0.3 is 11.7 Å². The quantitative estimate of drug-likeness (QED) is 0.421. The maximum Gasteiger partial charge on any atom is 0.331 e. The number of piperidine rings is 1. The second-order valence-electron chi connectivity index (χ2n) is 11.1. The molecule has 1 saturated heterocycles. The Morgan fingerprint density at radius 2 is 1.82 bits per heavy atom. The normalized spacial score (nSPS) is 17.1. The summed E-state index contributed by atoms with van der Waals surface area (Å²) in [5.41, 5.74) is -0.189. The van der Waals surface area contributed by atoms with E-state index in [0.717, 1.165) is 20.8 Å². The Kier molecular flexibility index (Phi) is 9.35. The molecule has 1 unspecified atom stereocenters. The number of likely N-dealkylation sites (tertiary alicyclic amines) is 1. The summed E-state index contributed by atoms with van der Waals surface area (Å²) in [6.45, 7) is 2.25. The van der Waals surface area contributed by atoms with Gasteiger partial charge in [0.15, 0.2) is 0 Å². The summed E-state index contributed by atoms with van der Waals surface area (Å²) in [6.07, 6.45) is 4.16. The largest absolute Gasteiger partial charge is 0.341 e. The molecule has 0 saturated carbocycles. The number of benzene rings is 2. The summed E-state index contributed by atoms with van der Waals surface area (Å²) in [6, 6.07) is 7.06. The molecule has 3 amide bonds. The molecule has 1 aromatic heterocycles.